The van der Waals surface area contributed by atoms with Crippen LogP contribution in [0.2, 0.25) is 0 Å². The van der Waals surface area contributed by atoms with E-state index in [1.165, 1.54) is 65.0 Å². The van der Waals surface area contributed by atoms with Crippen LogP contribution < -0.4 is 5.32 Å². The fourth-order valence-corrected chi connectivity index (χ4v) is 4.09. The number of piperidine rings is 1. The Kier molecular flexibility index (Phi) is 5.32. The smallest absolute Gasteiger partial charge is 0.0480 e. The van der Waals surface area contributed by atoms with Crippen LogP contribution in [-0.4, -0.2) is 74.4 Å². The molecule has 3 aliphatic heterocycles. The average Bonchev–Trinajstić information content (AvgIpc) is 2.51. The molecule has 3 saturated heterocycles. The van der Waals surface area contributed by atoms with Crippen LogP contribution in [-0.2, 0) is 4.74 Å². The van der Waals surface area contributed by atoms with Gasteiger partial charge in [-0.05, 0) is 51.6 Å². The molecule has 116 valence electrons. The summed E-state index contributed by atoms with van der Waals surface area (Å²) in [6.45, 7) is 11.9. The van der Waals surface area contributed by atoms with E-state index in [0.717, 1.165) is 25.2 Å². The number of hydrogen-bond acceptors (Lipinski definition) is 4. The Morgan fingerprint density at radius 1 is 1.15 bits per heavy atom. The van der Waals surface area contributed by atoms with E-state index in [-0.39, 0.29) is 0 Å². The quantitative estimate of drug-likeness (QED) is 0.840. The second-order valence-electron chi connectivity index (χ2n) is 6.89. The molecule has 0 bridgehead atoms. The molecule has 3 aliphatic rings. The second-order valence-corrected chi connectivity index (χ2v) is 6.89. The van der Waals surface area contributed by atoms with Gasteiger partial charge < -0.3 is 10.1 Å². The van der Waals surface area contributed by atoms with E-state index in [9.17, 15) is 0 Å². The summed E-state index contributed by atoms with van der Waals surface area (Å²) in [4.78, 5) is 5.45. The molecule has 2 atom stereocenters. The number of piperazine rings is 1. The molecule has 0 radical (unpaired) electrons. The first-order valence-corrected chi connectivity index (χ1v) is 8.59. The van der Waals surface area contributed by atoms with Crippen LogP contribution in [0.25, 0.3) is 0 Å². The van der Waals surface area contributed by atoms with Crippen molar-refractivity contribution in [1.29, 1.82) is 0 Å². The molecule has 0 aromatic heterocycles. The lowest BCUT2D eigenvalue weighted by Gasteiger charge is -2.45. The molecule has 1 unspecified atom stereocenters. The highest BCUT2D eigenvalue weighted by atomic mass is 16.5. The Morgan fingerprint density at radius 3 is 2.70 bits per heavy atom. The van der Waals surface area contributed by atoms with Crippen LogP contribution in [0.4, 0.5) is 0 Å². The minimum Gasteiger partial charge on any atom is -0.381 e. The predicted molar refractivity (Wildman–Crippen MR) is 82.0 cm³/mol. The zero-order valence-corrected chi connectivity index (χ0v) is 13.0. The summed E-state index contributed by atoms with van der Waals surface area (Å²) in [6, 6.07) is 1.50. The summed E-state index contributed by atoms with van der Waals surface area (Å²) >= 11 is 0. The van der Waals surface area contributed by atoms with E-state index in [4.69, 9.17) is 4.74 Å². The van der Waals surface area contributed by atoms with Crippen LogP contribution in [0.1, 0.15) is 32.6 Å². The Labute approximate surface area is 123 Å². The molecule has 3 fully saturated rings. The van der Waals surface area contributed by atoms with Crippen molar-refractivity contribution < 1.29 is 4.74 Å². The minimum absolute atomic E-state index is 0.716. The highest BCUT2D eigenvalue weighted by Crippen LogP contribution is 2.21. The number of nitrogens with zero attached hydrogens (tertiary/aromatic N) is 2. The third kappa shape index (κ3) is 3.73. The van der Waals surface area contributed by atoms with E-state index in [1.54, 1.807) is 0 Å². The number of ether oxygens (including phenoxy) is 1. The highest BCUT2D eigenvalue weighted by Gasteiger charge is 2.30. The zero-order chi connectivity index (χ0) is 13.8. The summed E-state index contributed by atoms with van der Waals surface area (Å²) in [6.07, 6.45) is 5.25. The molecular formula is C16H31N3O. The molecule has 0 spiro atoms. The van der Waals surface area contributed by atoms with Crippen LogP contribution in [0.5, 0.6) is 0 Å². The molecule has 0 aromatic carbocycles. The fourth-order valence-electron chi connectivity index (χ4n) is 4.09. The van der Waals surface area contributed by atoms with Gasteiger partial charge in [0.05, 0.1) is 0 Å². The van der Waals surface area contributed by atoms with E-state index in [0.29, 0.717) is 6.04 Å². The largest absolute Gasteiger partial charge is 0.381 e. The number of nitrogens with one attached hydrogen (secondary N) is 1. The summed E-state index contributed by atoms with van der Waals surface area (Å²) < 4.78 is 5.49. The first-order chi connectivity index (χ1) is 9.83. The van der Waals surface area contributed by atoms with Gasteiger partial charge in [0.1, 0.15) is 0 Å². The van der Waals surface area contributed by atoms with Crippen molar-refractivity contribution in [3.63, 3.8) is 0 Å². The molecule has 1 N–H and O–H groups in total. The van der Waals surface area contributed by atoms with Gasteiger partial charge in [0.15, 0.2) is 0 Å². The lowest BCUT2D eigenvalue weighted by atomic mass is 9.97. The van der Waals surface area contributed by atoms with E-state index >= 15 is 0 Å². The third-order valence-corrected chi connectivity index (χ3v) is 5.40. The van der Waals surface area contributed by atoms with Gasteiger partial charge in [0.25, 0.3) is 0 Å². The minimum atomic E-state index is 0.716. The Bertz CT molecular complexity index is 287. The van der Waals surface area contributed by atoms with Crippen molar-refractivity contribution >= 4 is 0 Å². The topological polar surface area (TPSA) is 27.7 Å². The van der Waals surface area contributed by atoms with Crippen LogP contribution in [0.3, 0.4) is 0 Å². The standard InChI is InChI=1S/C16H31N3O/c1-14-12-19(16-4-9-20-10-5-16)8-7-18(14)13-15-3-2-6-17-11-15/h14-17H,2-13H2,1H3/t14-,15?/m1/s1. The summed E-state index contributed by atoms with van der Waals surface area (Å²) in [5.74, 6) is 0.876. The SMILES string of the molecule is C[C@@H]1CN(C2CCOCC2)CCN1CC1CCCNC1. The number of rotatable bonds is 3. The maximum absolute atomic E-state index is 5.49. The molecule has 20 heavy (non-hydrogen) atoms. The maximum Gasteiger partial charge on any atom is 0.0480 e. The lowest BCUT2D eigenvalue weighted by molar-refractivity contribution is -0.00563. The molecule has 0 aliphatic carbocycles. The van der Waals surface area contributed by atoms with E-state index in [1.807, 2.05) is 0 Å². The summed E-state index contributed by atoms with van der Waals surface area (Å²) in [5.41, 5.74) is 0. The molecule has 0 amide bonds. The third-order valence-electron chi connectivity index (χ3n) is 5.40. The van der Waals surface area contributed by atoms with Crippen molar-refractivity contribution in [2.75, 3.05) is 52.5 Å². The van der Waals surface area contributed by atoms with Gasteiger partial charge in [-0.3, -0.25) is 9.80 Å². The first-order valence-electron chi connectivity index (χ1n) is 8.59. The van der Waals surface area contributed by atoms with Crippen LogP contribution in [0.15, 0.2) is 0 Å². The van der Waals surface area contributed by atoms with Gasteiger partial charge in [-0.25, -0.2) is 0 Å². The lowest BCUT2D eigenvalue weighted by Crippen LogP contribution is -2.57. The normalized spacial score (nSPS) is 35.2. The average molecular weight is 281 g/mol. The number of hydrogen-bond donors (Lipinski definition) is 1. The summed E-state index contributed by atoms with van der Waals surface area (Å²) in [7, 11) is 0. The van der Waals surface area contributed by atoms with Crippen molar-refractivity contribution in [2.24, 2.45) is 5.92 Å². The molecule has 4 nitrogen and oxygen atoms in total. The Hall–Kier alpha value is -0.160. The fraction of sp³-hybridized carbons (Fsp3) is 1.00. The van der Waals surface area contributed by atoms with Crippen LogP contribution >= 0.6 is 0 Å². The predicted octanol–water partition coefficient (Wildman–Crippen LogP) is 1.17. The van der Waals surface area contributed by atoms with Crippen molar-refractivity contribution in [1.82, 2.24) is 15.1 Å². The van der Waals surface area contributed by atoms with Crippen molar-refractivity contribution in [2.45, 2.75) is 44.7 Å². The molecule has 3 rings (SSSR count). The van der Waals surface area contributed by atoms with Gasteiger partial charge in [-0.2, -0.15) is 0 Å². The van der Waals surface area contributed by atoms with Gasteiger partial charge in [-0.15, -0.1) is 0 Å². The molecule has 3 heterocycles. The molecular weight excluding hydrogens is 250 g/mol. The van der Waals surface area contributed by atoms with Crippen LogP contribution in [0, 0.1) is 5.92 Å². The second kappa shape index (κ2) is 7.21. The molecule has 4 heteroatoms. The van der Waals surface area contributed by atoms with E-state index in [2.05, 4.69) is 22.0 Å². The maximum atomic E-state index is 5.49. The summed E-state index contributed by atoms with van der Waals surface area (Å²) in [5, 5.41) is 3.55. The monoisotopic (exact) mass is 281 g/mol. The van der Waals surface area contributed by atoms with Crippen molar-refractivity contribution in [3.8, 4) is 0 Å². The first kappa shape index (κ1) is 14.8. The molecule has 0 saturated carbocycles. The Balaban J connectivity index is 1.46. The van der Waals surface area contributed by atoms with Gasteiger partial charge >= 0.3 is 0 Å². The van der Waals surface area contributed by atoms with Gasteiger partial charge in [0, 0.05) is 51.5 Å². The van der Waals surface area contributed by atoms with Gasteiger partial charge in [0.2, 0.25) is 0 Å². The van der Waals surface area contributed by atoms with E-state index < -0.39 is 0 Å². The highest BCUT2D eigenvalue weighted by molar-refractivity contribution is 4.86. The zero-order valence-electron chi connectivity index (χ0n) is 13.0. The Morgan fingerprint density at radius 2 is 2.00 bits per heavy atom. The molecule has 0 aromatic rings. The van der Waals surface area contributed by atoms with Crippen molar-refractivity contribution in [3.05, 3.63) is 0 Å². The van der Waals surface area contributed by atoms with Gasteiger partial charge in [-0.1, -0.05) is 0 Å².